The number of hydrazine groups is 1. The van der Waals surface area contributed by atoms with E-state index >= 15 is 0 Å². The second-order valence-electron chi connectivity index (χ2n) is 4.65. The Morgan fingerprint density at radius 1 is 1.10 bits per heavy atom. The fourth-order valence-electron chi connectivity index (χ4n) is 2.20. The minimum absolute atomic E-state index is 0.118. The maximum atomic E-state index is 12.3. The van der Waals surface area contributed by atoms with Gasteiger partial charge in [-0.1, -0.05) is 43.3 Å². The summed E-state index contributed by atoms with van der Waals surface area (Å²) in [4.78, 5) is 0. The number of rotatable bonds is 6. The van der Waals surface area contributed by atoms with Crippen LogP contribution in [-0.4, -0.2) is 6.61 Å². The van der Waals surface area contributed by atoms with Gasteiger partial charge in [-0.15, -0.1) is 0 Å². The largest absolute Gasteiger partial charge is 0.435 e. The molecule has 1 atom stereocenters. The number of ether oxygens (including phenoxy) is 1. The molecule has 0 aliphatic heterocycles. The molecule has 0 heterocycles. The summed E-state index contributed by atoms with van der Waals surface area (Å²) in [5, 5.41) is 0. The van der Waals surface area contributed by atoms with Crippen LogP contribution < -0.4 is 16.0 Å². The van der Waals surface area contributed by atoms with Crippen molar-refractivity contribution in [2.45, 2.75) is 26.0 Å². The van der Waals surface area contributed by atoms with Crippen molar-refractivity contribution in [1.29, 1.82) is 0 Å². The summed E-state index contributed by atoms with van der Waals surface area (Å²) in [6.45, 7) is -0.757. The molecule has 0 aliphatic carbocycles. The maximum absolute atomic E-state index is 12.3. The van der Waals surface area contributed by atoms with Gasteiger partial charge in [0.15, 0.2) is 0 Å². The first-order chi connectivity index (χ1) is 10.1. The lowest BCUT2D eigenvalue weighted by Gasteiger charge is -2.18. The Bertz CT molecular complexity index is 573. The van der Waals surface area contributed by atoms with Gasteiger partial charge in [-0.25, -0.2) is 5.43 Å². The Morgan fingerprint density at radius 3 is 2.38 bits per heavy atom. The molecule has 2 aromatic rings. The van der Waals surface area contributed by atoms with Gasteiger partial charge in [-0.3, -0.25) is 5.84 Å². The Kier molecular flexibility index (Phi) is 5.25. The highest BCUT2D eigenvalue weighted by Gasteiger charge is 2.14. The van der Waals surface area contributed by atoms with Crippen molar-refractivity contribution >= 4 is 0 Å². The normalized spacial score (nSPS) is 12.4. The molecule has 2 rings (SSSR count). The molecule has 21 heavy (non-hydrogen) atoms. The molecule has 2 aromatic carbocycles. The smallest absolute Gasteiger partial charge is 0.387 e. The molecule has 0 bridgehead atoms. The van der Waals surface area contributed by atoms with Crippen molar-refractivity contribution in [3.8, 4) is 5.75 Å². The molecule has 0 fully saturated rings. The predicted molar refractivity (Wildman–Crippen MR) is 78.1 cm³/mol. The van der Waals surface area contributed by atoms with Crippen LogP contribution in [-0.2, 0) is 6.42 Å². The fourth-order valence-corrected chi connectivity index (χ4v) is 2.20. The van der Waals surface area contributed by atoms with Crippen LogP contribution in [0.3, 0.4) is 0 Å². The van der Waals surface area contributed by atoms with E-state index in [0.717, 1.165) is 17.5 Å². The van der Waals surface area contributed by atoms with Gasteiger partial charge < -0.3 is 4.74 Å². The summed E-state index contributed by atoms with van der Waals surface area (Å²) in [6.07, 6.45) is 0.957. The second-order valence-corrected chi connectivity index (χ2v) is 4.65. The summed E-state index contributed by atoms with van der Waals surface area (Å²) < 4.78 is 29.0. The Hall–Kier alpha value is -1.98. The van der Waals surface area contributed by atoms with Crippen LogP contribution >= 0.6 is 0 Å². The van der Waals surface area contributed by atoms with Crippen LogP contribution in [0.25, 0.3) is 0 Å². The third-order valence-corrected chi connectivity index (χ3v) is 3.30. The first-order valence-corrected chi connectivity index (χ1v) is 6.73. The third-order valence-electron chi connectivity index (χ3n) is 3.30. The third kappa shape index (κ3) is 4.00. The summed E-state index contributed by atoms with van der Waals surface area (Å²) in [7, 11) is 0. The quantitative estimate of drug-likeness (QED) is 0.633. The van der Waals surface area contributed by atoms with E-state index in [-0.39, 0.29) is 11.8 Å². The molecular weight excluding hydrogens is 274 g/mol. The van der Waals surface area contributed by atoms with Crippen molar-refractivity contribution in [3.05, 3.63) is 65.2 Å². The first-order valence-electron chi connectivity index (χ1n) is 6.73. The van der Waals surface area contributed by atoms with Crippen LogP contribution in [0.15, 0.2) is 48.5 Å². The predicted octanol–water partition coefficient (Wildman–Crippen LogP) is 3.40. The van der Waals surface area contributed by atoms with Gasteiger partial charge in [-0.2, -0.15) is 8.78 Å². The highest BCUT2D eigenvalue weighted by atomic mass is 19.3. The van der Waals surface area contributed by atoms with E-state index in [9.17, 15) is 8.78 Å². The van der Waals surface area contributed by atoms with Gasteiger partial charge >= 0.3 is 6.61 Å². The highest BCUT2D eigenvalue weighted by Crippen LogP contribution is 2.25. The standard InChI is InChI=1S/C16H18F2N2O/c1-2-11-6-8-12(9-7-11)15(20-19)13-4-3-5-14(10-13)21-16(17)18/h3-10,15-16,20H,2,19H2,1H3. The van der Waals surface area contributed by atoms with Crippen molar-refractivity contribution in [3.63, 3.8) is 0 Å². The molecule has 3 nitrogen and oxygen atoms in total. The molecule has 1 unspecified atom stereocenters. The molecule has 0 aliphatic rings. The number of halogens is 2. The number of nitrogens with two attached hydrogens (primary N) is 1. The fraction of sp³-hybridized carbons (Fsp3) is 0.250. The monoisotopic (exact) mass is 292 g/mol. The van der Waals surface area contributed by atoms with E-state index in [1.807, 2.05) is 30.3 Å². The molecule has 0 aromatic heterocycles. The number of hydrogen-bond acceptors (Lipinski definition) is 3. The SMILES string of the molecule is CCc1ccc(C(NN)c2cccc(OC(F)F)c2)cc1. The molecule has 0 saturated heterocycles. The van der Waals surface area contributed by atoms with E-state index < -0.39 is 6.61 Å². The van der Waals surface area contributed by atoms with E-state index in [1.165, 1.54) is 11.6 Å². The average Bonchev–Trinajstić information content (AvgIpc) is 2.48. The highest BCUT2D eigenvalue weighted by molar-refractivity contribution is 5.37. The van der Waals surface area contributed by atoms with Gasteiger partial charge in [0.05, 0.1) is 6.04 Å². The van der Waals surface area contributed by atoms with Crippen LogP contribution in [0.4, 0.5) is 8.78 Å². The number of aryl methyl sites for hydroxylation is 1. The van der Waals surface area contributed by atoms with Crippen molar-refractivity contribution in [2.75, 3.05) is 0 Å². The molecular formula is C16H18F2N2O. The van der Waals surface area contributed by atoms with Crippen LogP contribution in [0.1, 0.15) is 29.7 Å². The van der Waals surface area contributed by atoms with E-state index in [1.54, 1.807) is 12.1 Å². The second kappa shape index (κ2) is 7.15. The zero-order valence-electron chi connectivity index (χ0n) is 11.7. The molecule has 3 N–H and O–H groups in total. The molecule has 5 heteroatoms. The van der Waals surface area contributed by atoms with Crippen LogP contribution in [0, 0.1) is 0 Å². The Morgan fingerprint density at radius 2 is 1.81 bits per heavy atom. The first kappa shape index (κ1) is 15.4. The van der Waals surface area contributed by atoms with Gasteiger partial charge in [0.25, 0.3) is 0 Å². The molecule has 0 amide bonds. The summed E-state index contributed by atoms with van der Waals surface area (Å²) in [5.74, 6) is 5.74. The zero-order chi connectivity index (χ0) is 15.2. The average molecular weight is 292 g/mol. The van der Waals surface area contributed by atoms with Gasteiger partial charge in [0, 0.05) is 0 Å². The number of alkyl halides is 2. The molecule has 0 radical (unpaired) electrons. The van der Waals surface area contributed by atoms with Crippen molar-refractivity contribution in [2.24, 2.45) is 5.84 Å². The van der Waals surface area contributed by atoms with Crippen LogP contribution in [0.2, 0.25) is 0 Å². The van der Waals surface area contributed by atoms with Crippen LogP contribution in [0.5, 0.6) is 5.75 Å². The summed E-state index contributed by atoms with van der Waals surface area (Å²) in [5.41, 5.74) is 5.66. The van der Waals surface area contributed by atoms with Gasteiger partial charge in [0.2, 0.25) is 0 Å². The zero-order valence-corrected chi connectivity index (χ0v) is 11.7. The maximum Gasteiger partial charge on any atom is 0.387 e. The summed E-state index contributed by atoms with van der Waals surface area (Å²) >= 11 is 0. The van der Waals surface area contributed by atoms with Gasteiger partial charge in [0.1, 0.15) is 5.75 Å². The topological polar surface area (TPSA) is 47.3 Å². The Balaban J connectivity index is 2.27. The number of benzene rings is 2. The van der Waals surface area contributed by atoms with Crippen molar-refractivity contribution in [1.82, 2.24) is 5.43 Å². The molecule has 0 saturated carbocycles. The van der Waals surface area contributed by atoms with Crippen molar-refractivity contribution < 1.29 is 13.5 Å². The molecule has 0 spiro atoms. The lowest BCUT2D eigenvalue weighted by molar-refractivity contribution is -0.0498. The van der Waals surface area contributed by atoms with E-state index in [0.29, 0.717) is 0 Å². The lowest BCUT2D eigenvalue weighted by Crippen LogP contribution is -2.28. The minimum Gasteiger partial charge on any atom is -0.435 e. The molecule has 112 valence electrons. The summed E-state index contributed by atoms with van der Waals surface area (Å²) in [6, 6.07) is 14.3. The number of nitrogens with one attached hydrogen (secondary N) is 1. The Labute approximate surface area is 122 Å². The lowest BCUT2D eigenvalue weighted by atomic mass is 9.97. The van der Waals surface area contributed by atoms with E-state index in [4.69, 9.17) is 5.84 Å². The van der Waals surface area contributed by atoms with E-state index in [2.05, 4.69) is 17.1 Å². The number of hydrogen-bond donors (Lipinski definition) is 2. The van der Waals surface area contributed by atoms with Gasteiger partial charge in [-0.05, 0) is 35.2 Å². The minimum atomic E-state index is -2.84.